The highest BCUT2D eigenvalue weighted by molar-refractivity contribution is 5.66. The number of nitrogens with zero attached hydrogens (tertiary/aromatic N) is 5. The zero-order valence-corrected chi connectivity index (χ0v) is 17.1. The van der Waals surface area contributed by atoms with Crippen molar-refractivity contribution < 1.29 is 4.39 Å². The van der Waals surface area contributed by atoms with E-state index in [1.54, 1.807) is 12.1 Å². The Morgan fingerprint density at radius 2 is 1.86 bits per heavy atom. The number of rotatable bonds is 7. The van der Waals surface area contributed by atoms with E-state index in [0.717, 1.165) is 54.3 Å². The smallest absolute Gasteiger partial charge is 0.137 e. The molecule has 0 amide bonds. The molecule has 5 nitrogen and oxygen atoms in total. The fourth-order valence-electron chi connectivity index (χ4n) is 3.76. The molecule has 3 aromatic heterocycles. The molecular formula is C23H26FN5. The average molecular weight is 391 g/mol. The lowest BCUT2D eigenvalue weighted by Gasteiger charge is -2.17. The molecule has 4 rings (SSSR count). The number of benzene rings is 1. The van der Waals surface area contributed by atoms with Gasteiger partial charge in [0.05, 0.1) is 17.1 Å². The van der Waals surface area contributed by atoms with Crippen LogP contribution in [0.25, 0.3) is 16.9 Å². The summed E-state index contributed by atoms with van der Waals surface area (Å²) < 4.78 is 17.6. The molecule has 4 aromatic rings. The monoisotopic (exact) mass is 391 g/mol. The summed E-state index contributed by atoms with van der Waals surface area (Å²) in [7, 11) is 2.12. The number of hydrogen-bond donors (Lipinski definition) is 0. The topological polar surface area (TPSA) is 38.4 Å². The van der Waals surface area contributed by atoms with Gasteiger partial charge in [0.15, 0.2) is 0 Å². The molecule has 6 heteroatoms. The number of halogens is 1. The molecule has 0 saturated heterocycles. The number of fused-ring (bicyclic) bond motifs is 1. The molecule has 0 spiro atoms. The van der Waals surface area contributed by atoms with Crippen LogP contribution in [0.3, 0.4) is 0 Å². The van der Waals surface area contributed by atoms with Crippen LogP contribution in [0.4, 0.5) is 4.39 Å². The minimum Gasteiger partial charge on any atom is -0.302 e. The highest BCUT2D eigenvalue weighted by Crippen LogP contribution is 2.25. The van der Waals surface area contributed by atoms with Gasteiger partial charge in [0, 0.05) is 37.1 Å². The lowest BCUT2D eigenvalue weighted by atomic mass is 10.1. The summed E-state index contributed by atoms with van der Waals surface area (Å²) in [5.41, 5.74) is 6.11. The third-order valence-electron chi connectivity index (χ3n) is 5.18. The minimum absolute atomic E-state index is 0.236. The summed E-state index contributed by atoms with van der Waals surface area (Å²) >= 11 is 0. The zero-order chi connectivity index (χ0) is 20.4. The maximum atomic E-state index is 13.4. The van der Waals surface area contributed by atoms with Crippen molar-refractivity contribution in [3.8, 4) is 11.3 Å². The molecular weight excluding hydrogens is 365 g/mol. The van der Waals surface area contributed by atoms with Gasteiger partial charge in [0.1, 0.15) is 11.5 Å². The molecule has 3 heterocycles. The second-order valence-corrected chi connectivity index (χ2v) is 7.58. The van der Waals surface area contributed by atoms with Crippen LogP contribution < -0.4 is 0 Å². The molecule has 0 aliphatic heterocycles. The Kier molecular flexibility index (Phi) is 5.45. The Hall–Kier alpha value is -2.99. The van der Waals surface area contributed by atoms with Crippen molar-refractivity contribution in [2.24, 2.45) is 0 Å². The molecule has 0 aliphatic carbocycles. The van der Waals surface area contributed by atoms with Gasteiger partial charge in [-0.3, -0.25) is 4.68 Å². The summed E-state index contributed by atoms with van der Waals surface area (Å²) in [5, 5.41) is 4.54. The van der Waals surface area contributed by atoms with Crippen LogP contribution in [0.1, 0.15) is 23.5 Å². The van der Waals surface area contributed by atoms with Crippen molar-refractivity contribution in [3.63, 3.8) is 0 Å². The maximum absolute atomic E-state index is 13.4. The van der Waals surface area contributed by atoms with Crippen LogP contribution in [0.5, 0.6) is 0 Å². The highest BCUT2D eigenvalue weighted by atomic mass is 19.1. The standard InChI is InChI=1S/C23H26FN5/c1-17-15-18(2)29(26-17)14-6-12-27(3)16-21-23(19-8-10-20(24)11-9-19)25-22-7-4-5-13-28(21)22/h4-5,7-11,13,15H,6,12,14,16H2,1-3H3. The predicted molar refractivity (Wildman–Crippen MR) is 113 cm³/mol. The quantitative estimate of drug-likeness (QED) is 0.466. The second kappa shape index (κ2) is 8.17. The molecule has 0 aliphatic rings. The van der Waals surface area contributed by atoms with E-state index in [9.17, 15) is 4.39 Å². The Labute approximate surface area is 170 Å². The molecule has 0 N–H and O–H groups in total. The number of hydrogen-bond acceptors (Lipinski definition) is 3. The van der Waals surface area contributed by atoms with Gasteiger partial charge in [0.25, 0.3) is 0 Å². The van der Waals surface area contributed by atoms with E-state index in [4.69, 9.17) is 4.98 Å². The third-order valence-corrected chi connectivity index (χ3v) is 5.18. The lowest BCUT2D eigenvalue weighted by molar-refractivity contribution is 0.307. The summed E-state index contributed by atoms with van der Waals surface area (Å²) in [6, 6.07) is 14.7. The van der Waals surface area contributed by atoms with Gasteiger partial charge in [0.2, 0.25) is 0 Å². The van der Waals surface area contributed by atoms with Gasteiger partial charge in [-0.15, -0.1) is 0 Å². The normalized spacial score (nSPS) is 11.6. The van der Waals surface area contributed by atoms with E-state index in [1.165, 1.54) is 17.8 Å². The fraction of sp³-hybridized carbons (Fsp3) is 0.304. The average Bonchev–Trinajstić information content (AvgIpc) is 3.22. The van der Waals surface area contributed by atoms with Crippen LogP contribution in [-0.4, -0.2) is 37.7 Å². The highest BCUT2D eigenvalue weighted by Gasteiger charge is 2.15. The van der Waals surface area contributed by atoms with Crippen molar-refractivity contribution in [2.75, 3.05) is 13.6 Å². The van der Waals surface area contributed by atoms with E-state index in [1.807, 2.05) is 31.3 Å². The van der Waals surface area contributed by atoms with Crippen LogP contribution in [0.2, 0.25) is 0 Å². The van der Waals surface area contributed by atoms with E-state index < -0.39 is 0 Å². The first kappa shape index (κ1) is 19.3. The van der Waals surface area contributed by atoms with Crippen molar-refractivity contribution >= 4 is 5.65 Å². The first-order chi connectivity index (χ1) is 14.0. The maximum Gasteiger partial charge on any atom is 0.137 e. The van der Waals surface area contributed by atoms with Crippen LogP contribution in [0, 0.1) is 19.7 Å². The van der Waals surface area contributed by atoms with E-state index in [0.29, 0.717) is 0 Å². The first-order valence-corrected chi connectivity index (χ1v) is 9.93. The number of imidazole rings is 1. The number of pyridine rings is 1. The Morgan fingerprint density at radius 1 is 1.07 bits per heavy atom. The SMILES string of the molecule is Cc1cc(C)n(CCCN(C)Cc2c(-c3ccc(F)cc3)nc3ccccn23)n1. The Balaban J connectivity index is 1.52. The molecule has 0 saturated carbocycles. The van der Waals surface area contributed by atoms with E-state index in [-0.39, 0.29) is 5.82 Å². The third kappa shape index (κ3) is 4.22. The molecule has 0 radical (unpaired) electrons. The van der Waals surface area contributed by atoms with Gasteiger partial charge in [-0.25, -0.2) is 9.37 Å². The largest absolute Gasteiger partial charge is 0.302 e. The van der Waals surface area contributed by atoms with Gasteiger partial charge in [-0.1, -0.05) is 6.07 Å². The van der Waals surface area contributed by atoms with E-state index >= 15 is 0 Å². The van der Waals surface area contributed by atoms with Crippen LogP contribution in [0.15, 0.2) is 54.7 Å². The van der Waals surface area contributed by atoms with E-state index in [2.05, 4.69) is 39.1 Å². The van der Waals surface area contributed by atoms with Gasteiger partial charge >= 0.3 is 0 Å². The summed E-state index contributed by atoms with van der Waals surface area (Å²) in [6.07, 6.45) is 3.05. The van der Waals surface area contributed by atoms with Crippen molar-refractivity contribution in [1.82, 2.24) is 24.1 Å². The lowest BCUT2D eigenvalue weighted by Crippen LogP contribution is -2.22. The van der Waals surface area contributed by atoms with Gasteiger partial charge < -0.3 is 9.30 Å². The summed E-state index contributed by atoms with van der Waals surface area (Å²) in [5.74, 6) is -0.236. The minimum atomic E-state index is -0.236. The van der Waals surface area contributed by atoms with Crippen molar-refractivity contribution in [1.29, 1.82) is 0 Å². The molecule has 150 valence electrons. The summed E-state index contributed by atoms with van der Waals surface area (Å²) in [6.45, 7) is 6.73. The van der Waals surface area contributed by atoms with Crippen LogP contribution >= 0.6 is 0 Å². The fourth-order valence-corrected chi connectivity index (χ4v) is 3.76. The molecule has 0 bridgehead atoms. The van der Waals surface area contributed by atoms with Gasteiger partial charge in [-0.05, 0) is 69.8 Å². The van der Waals surface area contributed by atoms with Crippen molar-refractivity contribution in [3.05, 3.63) is 77.6 Å². The predicted octanol–water partition coefficient (Wildman–Crippen LogP) is 4.48. The molecule has 29 heavy (non-hydrogen) atoms. The Morgan fingerprint density at radius 3 is 2.59 bits per heavy atom. The van der Waals surface area contributed by atoms with Gasteiger partial charge in [-0.2, -0.15) is 5.10 Å². The summed E-state index contributed by atoms with van der Waals surface area (Å²) in [4.78, 5) is 7.11. The van der Waals surface area contributed by atoms with Crippen LogP contribution in [-0.2, 0) is 13.1 Å². The molecule has 1 aromatic carbocycles. The molecule has 0 atom stereocenters. The van der Waals surface area contributed by atoms with Crippen molar-refractivity contribution in [2.45, 2.75) is 33.4 Å². The second-order valence-electron chi connectivity index (χ2n) is 7.58. The zero-order valence-electron chi connectivity index (χ0n) is 17.1. The molecule has 0 unspecified atom stereocenters. The molecule has 0 fully saturated rings. The first-order valence-electron chi connectivity index (χ1n) is 9.93. The number of aromatic nitrogens is 4. The number of aryl methyl sites for hydroxylation is 3. The Bertz CT molecular complexity index is 1110.